The normalized spacial score (nSPS) is 10.9. The van der Waals surface area contributed by atoms with Crippen molar-refractivity contribution in [2.45, 2.75) is 19.8 Å². The Kier molecular flexibility index (Phi) is 3.16. The lowest BCUT2D eigenvalue weighted by molar-refractivity contribution is 1.12. The molecule has 0 radical (unpaired) electrons. The largest absolute Gasteiger partial charge is 0.144 e. The third-order valence-corrected chi connectivity index (χ3v) is 4.40. The molecule has 0 aliphatic heterocycles. The number of hydrogen-bond acceptors (Lipinski definition) is 1. The fraction of sp³-hybridized carbons (Fsp3) is 0.176. The summed E-state index contributed by atoms with van der Waals surface area (Å²) in [5.41, 5.74) is 4.25. The molecule has 1 heteroatoms. The van der Waals surface area contributed by atoms with Gasteiger partial charge in [0.15, 0.2) is 0 Å². The fourth-order valence-corrected chi connectivity index (χ4v) is 3.25. The number of fused-ring (bicyclic) bond motifs is 1. The molecule has 1 aromatic heterocycles. The number of thiophene rings is 1. The first-order valence-electron chi connectivity index (χ1n) is 6.39. The van der Waals surface area contributed by atoms with E-state index in [1.54, 1.807) is 0 Å². The molecule has 90 valence electrons. The predicted octanol–water partition coefficient (Wildman–Crippen LogP) is 5.05. The standard InChI is InChI=1S/C17H16S/c1-2-13-7-9-14(10-8-13)11-15-12-18-17-6-4-3-5-16(15)17/h3-10,12H,2,11H2,1H3. The first kappa shape index (κ1) is 11.5. The lowest BCUT2D eigenvalue weighted by Gasteiger charge is -2.02. The summed E-state index contributed by atoms with van der Waals surface area (Å²) in [4.78, 5) is 0. The van der Waals surface area contributed by atoms with E-state index in [0.717, 1.165) is 12.8 Å². The molecule has 0 aliphatic carbocycles. The van der Waals surface area contributed by atoms with Gasteiger partial charge in [0.1, 0.15) is 0 Å². The second-order valence-corrected chi connectivity index (χ2v) is 5.52. The van der Waals surface area contributed by atoms with E-state index in [0.29, 0.717) is 0 Å². The van der Waals surface area contributed by atoms with Crippen LogP contribution >= 0.6 is 11.3 Å². The molecule has 18 heavy (non-hydrogen) atoms. The summed E-state index contributed by atoms with van der Waals surface area (Å²) in [5, 5.41) is 3.69. The van der Waals surface area contributed by atoms with E-state index in [2.05, 4.69) is 60.8 Å². The predicted molar refractivity (Wildman–Crippen MR) is 80.5 cm³/mol. The quantitative estimate of drug-likeness (QED) is 0.611. The van der Waals surface area contributed by atoms with E-state index in [9.17, 15) is 0 Å². The lowest BCUT2D eigenvalue weighted by atomic mass is 10.0. The highest BCUT2D eigenvalue weighted by atomic mass is 32.1. The highest BCUT2D eigenvalue weighted by molar-refractivity contribution is 7.17. The first-order valence-corrected chi connectivity index (χ1v) is 7.27. The average Bonchev–Trinajstić information content (AvgIpc) is 2.83. The Balaban J connectivity index is 1.91. The minimum absolute atomic E-state index is 1.04. The molecule has 0 atom stereocenters. The molecule has 3 aromatic rings. The molecule has 0 aliphatic rings. The molecule has 0 N–H and O–H groups in total. The summed E-state index contributed by atoms with van der Waals surface area (Å²) in [5.74, 6) is 0. The number of hydrogen-bond donors (Lipinski definition) is 0. The van der Waals surface area contributed by atoms with Crippen molar-refractivity contribution < 1.29 is 0 Å². The van der Waals surface area contributed by atoms with Gasteiger partial charge in [-0.05, 0) is 46.4 Å². The molecule has 0 saturated carbocycles. The van der Waals surface area contributed by atoms with E-state index in [1.165, 1.54) is 26.8 Å². The first-order chi connectivity index (χ1) is 8.86. The Morgan fingerprint density at radius 3 is 2.39 bits per heavy atom. The summed E-state index contributed by atoms with van der Waals surface area (Å²) in [6, 6.07) is 17.6. The number of rotatable bonds is 3. The van der Waals surface area contributed by atoms with E-state index >= 15 is 0 Å². The van der Waals surface area contributed by atoms with Crippen LogP contribution in [0.2, 0.25) is 0 Å². The molecule has 1 heterocycles. The molecule has 0 bridgehead atoms. The highest BCUT2D eigenvalue weighted by Gasteiger charge is 2.04. The molecule has 0 saturated heterocycles. The minimum atomic E-state index is 1.04. The zero-order valence-corrected chi connectivity index (χ0v) is 11.3. The molecule has 2 aromatic carbocycles. The average molecular weight is 252 g/mol. The fourth-order valence-electron chi connectivity index (χ4n) is 2.28. The van der Waals surface area contributed by atoms with Gasteiger partial charge in [0.25, 0.3) is 0 Å². The van der Waals surface area contributed by atoms with Crippen LogP contribution in [-0.2, 0) is 12.8 Å². The van der Waals surface area contributed by atoms with Gasteiger partial charge >= 0.3 is 0 Å². The maximum atomic E-state index is 2.29. The Morgan fingerprint density at radius 1 is 0.889 bits per heavy atom. The topological polar surface area (TPSA) is 0 Å². The monoisotopic (exact) mass is 252 g/mol. The van der Waals surface area contributed by atoms with E-state index in [-0.39, 0.29) is 0 Å². The summed E-state index contributed by atoms with van der Waals surface area (Å²) >= 11 is 1.84. The van der Waals surface area contributed by atoms with Gasteiger partial charge in [-0.3, -0.25) is 0 Å². The Morgan fingerprint density at radius 2 is 1.61 bits per heavy atom. The van der Waals surface area contributed by atoms with Gasteiger partial charge in [0, 0.05) is 4.70 Å². The SMILES string of the molecule is CCc1ccc(Cc2csc3ccccc23)cc1. The van der Waals surface area contributed by atoms with Crippen molar-refractivity contribution >= 4 is 21.4 Å². The number of aryl methyl sites for hydroxylation is 1. The van der Waals surface area contributed by atoms with Crippen molar-refractivity contribution in [1.82, 2.24) is 0 Å². The zero-order chi connectivity index (χ0) is 12.4. The van der Waals surface area contributed by atoms with Crippen LogP contribution in [0.25, 0.3) is 10.1 Å². The van der Waals surface area contributed by atoms with Crippen molar-refractivity contribution in [2.24, 2.45) is 0 Å². The summed E-state index contributed by atoms with van der Waals surface area (Å²) < 4.78 is 1.39. The van der Waals surface area contributed by atoms with E-state index in [4.69, 9.17) is 0 Å². The molecule has 3 rings (SSSR count). The van der Waals surface area contributed by atoms with Gasteiger partial charge in [-0.2, -0.15) is 0 Å². The van der Waals surface area contributed by atoms with Crippen LogP contribution in [0.15, 0.2) is 53.9 Å². The Bertz CT molecular complexity index is 647. The van der Waals surface area contributed by atoms with Gasteiger partial charge in [0.2, 0.25) is 0 Å². The van der Waals surface area contributed by atoms with Gasteiger partial charge in [0.05, 0.1) is 0 Å². The van der Waals surface area contributed by atoms with Crippen LogP contribution in [0.3, 0.4) is 0 Å². The van der Waals surface area contributed by atoms with Gasteiger partial charge in [-0.15, -0.1) is 11.3 Å². The van der Waals surface area contributed by atoms with Gasteiger partial charge in [-0.1, -0.05) is 49.4 Å². The van der Waals surface area contributed by atoms with Crippen molar-refractivity contribution in [3.8, 4) is 0 Å². The van der Waals surface area contributed by atoms with Crippen LogP contribution < -0.4 is 0 Å². The van der Waals surface area contributed by atoms with E-state index < -0.39 is 0 Å². The van der Waals surface area contributed by atoms with Crippen molar-refractivity contribution in [3.63, 3.8) is 0 Å². The Hall–Kier alpha value is -1.60. The second-order valence-electron chi connectivity index (χ2n) is 4.60. The molecular formula is C17H16S. The zero-order valence-electron chi connectivity index (χ0n) is 10.5. The smallest absolute Gasteiger partial charge is 0.0345 e. The molecule has 0 amide bonds. The maximum absolute atomic E-state index is 2.29. The minimum Gasteiger partial charge on any atom is -0.144 e. The van der Waals surface area contributed by atoms with E-state index in [1.807, 2.05) is 11.3 Å². The molecule has 0 fully saturated rings. The van der Waals surface area contributed by atoms with Crippen molar-refractivity contribution in [1.29, 1.82) is 0 Å². The lowest BCUT2D eigenvalue weighted by Crippen LogP contribution is -1.87. The van der Waals surface area contributed by atoms with Crippen LogP contribution in [0.5, 0.6) is 0 Å². The summed E-state index contributed by atoms with van der Waals surface area (Å²) in [7, 11) is 0. The maximum Gasteiger partial charge on any atom is 0.0345 e. The molecule has 0 spiro atoms. The van der Waals surface area contributed by atoms with Gasteiger partial charge in [-0.25, -0.2) is 0 Å². The number of benzene rings is 2. The van der Waals surface area contributed by atoms with Crippen LogP contribution in [0, 0.1) is 0 Å². The molecular weight excluding hydrogens is 236 g/mol. The Labute approximate surface area is 112 Å². The highest BCUT2D eigenvalue weighted by Crippen LogP contribution is 2.27. The summed E-state index contributed by atoms with van der Waals surface area (Å²) in [6.07, 6.45) is 2.15. The van der Waals surface area contributed by atoms with Crippen LogP contribution in [-0.4, -0.2) is 0 Å². The third-order valence-electron chi connectivity index (χ3n) is 3.39. The van der Waals surface area contributed by atoms with Crippen LogP contribution in [0.1, 0.15) is 23.6 Å². The second kappa shape index (κ2) is 4.95. The van der Waals surface area contributed by atoms with Gasteiger partial charge < -0.3 is 0 Å². The van der Waals surface area contributed by atoms with Crippen LogP contribution in [0.4, 0.5) is 0 Å². The third kappa shape index (κ3) is 2.19. The van der Waals surface area contributed by atoms with Crippen molar-refractivity contribution in [2.75, 3.05) is 0 Å². The summed E-state index contributed by atoms with van der Waals surface area (Å²) in [6.45, 7) is 2.20. The molecule has 0 nitrogen and oxygen atoms in total. The molecule has 0 unspecified atom stereocenters. The van der Waals surface area contributed by atoms with Crippen molar-refractivity contribution in [3.05, 3.63) is 70.6 Å².